The van der Waals surface area contributed by atoms with E-state index in [2.05, 4.69) is 15.5 Å². The monoisotopic (exact) mass is 233 g/mol. The highest BCUT2D eigenvalue weighted by atomic mass is 35.5. The molecular weight excluding hydrogens is 221 g/mol. The third kappa shape index (κ3) is 3.31. The van der Waals surface area contributed by atoms with E-state index < -0.39 is 0 Å². The molecule has 0 unspecified atom stereocenters. The third-order valence-electron chi connectivity index (χ3n) is 1.66. The second-order valence-electron chi connectivity index (χ2n) is 2.79. The van der Waals surface area contributed by atoms with E-state index in [1.807, 2.05) is 13.8 Å². The number of rotatable bonds is 2. The Morgan fingerprint density at radius 3 is 2.50 bits per heavy atom. The molecule has 1 aromatic heterocycles. The van der Waals surface area contributed by atoms with Crippen LogP contribution in [0.5, 0.6) is 0 Å². The van der Waals surface area contributed by atoms with E-state index in [4.69, 9.17) is 23.2 Å². The summed E-state index contributed by atoms with van der Waals surface area (Å²) >= 11 is 11.4. The summed E-state index contributed by atoms with van der Waals surface area (Å²) in [4.78, 5) is 0. The lowest BCUT2D eigenvalue weighted by Crippen LogP contribution is -2.02. The van der Waals surface area contributed by atoms with Gasteiger partial charge in [-0.25, -0.2) is 0 Å². The second kappa shape index (κ2) is 5.37. The van der Waals surface area contributed by atoms with E-state index in [9.17, 15) is 0 Å². The maximum Gasteiger partial charge on any atom is 0.174 e. The average Bonchev–Trinajstić information content (AvgIpc) is 2.99. The van der Waals surface area contributed by atoms with E-state index in [0.717, 1.165) is 5.69 Å². The van der Waals surface area contributed by atoms with Crippen molar-refractivity contribution in [2.45, 2.75) is 32.7 Å². The van der Waals surface area contributed by atoms with Gasteiger partial charge in [-0.05, 0) is 12.8 Å². The van der Waals surface area contributed by atoms with Crippen LogP contribution < -0.4 is 5.32 Å². The van der Waals surface area contributed by atoms with Crippen LogP contribution >= 0.6 is 23.2 Å². The Labute approximate surface area is 93.8 Å². The molecule has 1 heterocycles. The van der Waals surface area contributed by atoms with Crippen molar-refractivity contribution in [1.29, 1.82) is 0 Å². The molecule has 2 rings (SSSR count). The number of hydrogen-bond donors (Lipinski definition) is 1. The highest BCUT2D eigenvalue weighted by Gasteiger charge is 2.22. The van der Waals surface area contributed by atoms with Gasteiger partial charge in [-0.1, -0.05) is 37.0 Å². The topological polar surface area (TPSA) is 37.8 Å². The molecule has 1 aliphatic rings. The van der Waals surface area contributed by atoms with E-state index in [1.54, 1.807) is 6.07 Å². The van der Waals surface area contributed by atoms with Gasteiger partial charge < -0.3 is 5.32 Å². The summed E-state index contributed by atoms with van der Waals surface area (Å²) in [5, 5.41) is 11.2. The van der Waals surface area contributed by atoms with Crippen molar-refractivity contribution in [1.82, 2.24) is 10.2 Å². The normalized spacial score (nSPS) is 14.3. The standard InChI is InChI=1S/C7H7Cl2N3.C2H6/c8-6-3-5(7(9)12-11-6)10-4-1-2-4;1-2/h3-4H,1-2H2,(H,10,11);1-2H3. The molecule has 0 spiro atoms. The first-order chi connectivity index (χ1) is 6.75. The molecule has 1 fully saturated rings. The molecule has 5 heteroatoms. The van der Waals surface area contributed by atoms with Crippen LogP contribution in [-0.4, -0.2) is 16.2 Å². The Hall–Kier alpha value is -0.540. The lowest BCUT2D eigenvalue weighted by atomic mass is 10.4. The van der Waals surface area contributed by atoms with E-state index in [1.165, 1.54) is 12.8 Å². The molecule has 0 bridgehead atoms. The Bertz CT molecular complexity index is 300. The summed E-state index contributed by atoms with van der Waals surface area (Å²) in [6.07, 6.45) is 2.38. The number of anilines is 1. The number of aromatic nitrogens is 2. The number of nitrogens with one attached hydrogen (secondary N) is 1. The summed E-state index contributed by atoms with van der Waals surface area (Å²) in [5.41, 5.74) is 0.777. The molecule has 0 aromatic carbocycles. The van der Waals surface area contributed by atoms with Gasteiger partial charge in [0.2, 0.25) is 0 Å². The summed E-state index contributed by atoms with van der Waals surface area (Å²) in [5.74, 6) is 0. The predicted molar refractivity (Wildman–Crippen MR) is 60.0 cm³/mol. The lowest BCUT2D eigenvalue weighted by molar-refractivity contribution is 1.02. The number of nitrogens with zero attached hydrogens (tertiary/aromatic N) is 2. The first-order valence-electron chi connectivity index (χ1n) is 4.71. The molecule has 1 aliphatic carbocycles. The van der Waals surface area contributed by atoms with Gasteiger partial charge in [-0.3, -0.25) is 0 Å². The lowest BCUT2D eigenvalue weighted by Gasteiger charge is -2.04. The van der Waals surface area contributed by atoms with Crippen LogP contribution in [-0.2, 0) is 0 Å². The fourth-order valence-electron chi connectivity index (χ4n) is 0.902. The third-order valence-corrected chi connectivity index (χ3v) is 2.12. The van der Waals surface area contributed by atoms with Gasteiger partial charge in [0, 0.05) is 12.1 Å². The van der Waals surface area contributed by atoms with E-state index in [0.29, 0.717) is 16.3 Å². The largest absolute Gasteiger partial charge is 0.380 e. The molecule has 78 valence electrons. The van der Waals surface area contributed by atoms with Crippen molar-refractivity contribution < 1.29 is 0 Å². The summed E-state index contributed by atoms with van der Waals surface area (Å²) in [7, 11) is 0. The predicted octanol–water partition coefficient (Wildman–Crippen LogP) is 3.38. The molecule has 0 aliphatic heterocycles. The van der Waals surface area contributed by atoms with Crippen molar-refractivity contribution in [2.24, 2.45) is 0 Å². The summed E-state index contributed by atoms with van der Waals surface area (Å²) in [6, 6.07) is 2.23. The van der Waals surface area contributed by atoms with Gasteiger partial charge in [0.1, 0.15) is 0 Å². The van der Waals surface area contributed by atoms with Crippen molar-refractivity contribution >= 4 is 28.9 Å². The van der Waals surface area contributed by atoms with Crippen molar-refractivity contribution in [2.75, 3.05) is 5.32 Å². The zero-order chi connectivity index (χ0) is 10.6. The smallest absolute Gasteiger partial charge is 0.174 e. The Balaban J connectivity index is 0.000000461. The van der Waals surface area contributed by atoms with Gasteiger partial charge in [-0.2, -0.15) is 0 Å². The van der Waals surface area contributed by atoms with E-state index >= 15 is 0 Å². The average molecular weight is 234 g/mol. The van der Waals surface area contributed by atoms with Crippen molar-refractivity contribution in [3.8, 4) is 0 Å². The van der Waals surface area contributed by atoms with Gasteiger partial charge in [-0.15, -0.1) is 10.2 Å². The summed E-state index contributed by atoms with van der Waals surface area (Å²) < 4.78 is 0. The minimum Gasteiger partial charge on any atom is -0.380 e. The Kier molecular flexibility index (Phi) is 4.42. The van der Waals surface area contributed by atoms with Crippen LogP contribution in [0.1, 0.15) is 26.7 Å². The Morgan fingerprint density at radius 2 is 1.93 bits per heavy atom. The van der Waals surface area contributed by atoms with Crippen LogP contribution in [0.2, 0.25) is 10.3 Å². The molecule has 0 atom stereocenters. The maximum atomic E-state index is 5.77. The zero-order valence-corrected chi connectivity index (χ0v) is 9.73. The maximum absolute atomic E-state index is 5.77. The quantitative estimate of drug-likeness (QED) is 0.852. The molecule has 0 saturated heterocycles. The minimum absolute atomic E-state index is 0.363. The SMILES string of the molecule is CC.Clc1cc(NC2CC2)c(Cl)nn1. The van der Waals surface area contributed by atoms with Gasteiger partial charge >= 0.3 is 0 Å². The van der Waals surface area contributed by atoms with Crippen LogP contribution in [0.3, 0.4) is 0 Å². The number of halogens is 2. The number of hydrogen-bond acceptors (Lipinski definition) is 3. The van der Waals surface area contributed by atoms with Crippen LogP contribution in [0.25, 0.3) is 0 Å². The molecule has 0 amide bonds. The van der Waals surface area contributed by atoms with Crippen LogP contribution in [0.15, 0.2) is 6.07 Å². The highest BCUT2D eigenvalue weighted by molar-refractivity contribution is 6.33. The van der Waals surface area contributed by atoms with Gasteiger partial charge in [0.15, 0.2) is 10.3 Å². The molecular formula is C9H13Cl2N3. The fraction of sp³-hybridized carbons (Fsp3) is 0.556. The van der Waals surface area contributed by atoms with E-state index in [-0.39, 0.29) is 0 Å². The fourth-order valence-corrected chi connectivity index (χ4v) is 1.20. The van der Waals surface area contributed by atoms with Crippen molar-refractivity contribution in [3.05, 3.63) is 16.4 Å². The van der Waals surface area contributed by atoms with Crippen LogP contribution in [0.4, 0.5) is 5.69 Å². The minimum atomic E-state index is 0.363. The first kappa shape index (κ1) is 11.5. The van der Waals surface area contributed by atoms with Crippen LogP contribution in [0, 0.1) is 0 Å². The molecule has 1 saturated carbocycles. The first-order valence-corrected chi connectivity index (χ1v) is 5.46. The second-order valence-corrected chi connectivity index (χ2v) is 3.54. The highest BCUT2D eigenvalue weighted by Crippen LogP contribution is 2.28. The molecule has 14 heavy (non-hydrogen) atoms. The molecule has 3 nitrogen and oxygen atoms in total. The molecule has 1 aromatic rings. The molecule has 1 N–H and O–H groups in total. The van der Waals surface area contributed by atoms with Crippen molar-refractivity contribution in [3.63, 3.8) is 0 Å². The summed E-state index contributed by atoms with van der Waals surface area (Å²) in [6.45, 7) is 4.00. The van der Waals surface area contributed by atoms with Gasteiger partial charge in [0.05, 0.1) is 5.69 Å². The molecule has 0 radical (unpaired) electrons. The zero-order valence-electron chi connectivity index (χ0n) is 8.22. The Morgan fingerprint density at radius 1 is 1.29 bits per heavy atom. The van der Waals surface area contributed by atoms with Gasteiger partial charge in [0.25, 0.3) is 0 Å².